The second-order valence-electron chi connectivity index (χ2n) is 9.69. The number of allylic oxidation sites excluding steroid dienone is 1. The van der Waals surface area contributed by atoms with Gasteiger partial charge in [-0.3, -0.25) is 19.3 Å². The number of thioether (sulfide) groups is 2. The number of aliphatic hydroxyl groups is 1. The fourth-order valence-corrected chi connectivity index (χ4v) is 7.14. The van der Waals surface area contributed by atoms with Crippen LogP contribution in [0, 0.1) is 6.92 Å². The van der Waals surface area contributed by atoms with Gasteiger partial charge in [0.05, 0.1) is 17.4 Å². The molecule has 3 aliphatic heterocycles. The Morgan fingerprint density at radius 2 is 2.08 bits per heavy atom. The molecule has 3 amide bonds. The minimum Gasteiger partial charge on any atom is -0.543 e. The Balaban J connectivity index is 0.00000323. The molecule has 13 nitrogen and oxygen atoms in total. The van der Waals surface area contributed by atoms with Crippen LogP contribution in [0.25, 0.3) is 5.78 Å². The van der Waals surface area contributed by atoms with Gasteiger partial charge in [-0.2, -0.15) is 9.50 Å². The molecular formula is C24H24N7NaO6S2. The van der Waals surface area contributed by atoms with Crippen molar-refractivity contribution in [2.24, 2.45) is 0 Å². The van der Waals surface area contributed by atoms with Crippen LogP contribution in [0.1, 0.15) is 30.8 Å². The third-order valence-electron chi connectivity index (χ3n) is 6.95. The van der Waals surface area contributed by atoms with E-state index in [1.807, 2.05) is 4.90 Å². The molecule has 5 heterocycles. The molecule has 1 saturated carbocycles. The number of rotatable bonds is 8. The molecule has 2 atom stereocenters. The van der Waals surface area contributed by atoms with E-state index in [0.29, 0.717) is 40.6 Å². The topological polar surface area (TPSA) is 173 Å². The van der Waals surface area contributed by atoms with Gasteiger partial charge in [-0.05, 0) is 43.9 Å². The summed E-state index contributed by atoms with van der Waals surface area (Å²) in [5.41, 5.74) is 1.34. The summed E-state index contributed by atoms with van der Waals surface area (Å²) in [6.07, 6.45) is 4.12. The largest absolute Gasteiger partial charge is 1.00 e. The molecule has 0 bridgehead atoms. The number of nitrogens with zero attached hydrogens (tertiary/aromatic N) is 6. The summed E-state index contributed by atoms with van der Waals surface area (Å²) in [5.74, 6) is -1.77. The molecule has 40 heavy (non-hydrogen) atoms. The summed E-state index contributed by atoms with van der Waals surface area (Å²) < 4.78 is 1.44. The molecule has 2 saturated heterocycles. The Hall–Kier alpha value is -2.43. The van der Waals surface area contributed by atoms with Gasteiger partial charge in [0, 0.05) is 29.6 Å². The normalized spacial score (nSPS) is 23.4. The van der Waals surface area contributed by atoms with Crippen LogP contribution in [0.5, 0.6) is 0 Å². The average Bonchev–Trinajstić information content (AvgIpc) is 3.57. The van der Waals surface area contributed by atoms with Gasteiger partial charge in [0.15, 0.2) is 5.82 Å². The van der Waals surface area contributed by atoms with E-state index < -0.39 is 29.2 Å². The van der Waals surface area contributed by atoms with Crippen molar-refractivity contribution < 1.29 is 58.9 Å². The van der Waals surface area contributed by atoms with Crippen LogP contribution in [0.4, 0.5) is 0 Å². The number of hydrogen-bond donors (Lipinski definition) is 2. The summed E-state index contributed by atoms with van der Waals surface area (Å²) in [4.78, 5) is 61.9. The first-order valence-electron chi connectivity index (χ1n) is 12.4. The van der Waals surface area contributed by atoms with Crippen LogP contribution in [-0.4, -0.2) is 93.7 Å². The number of aliphatic carboxylic acids is 1. The first kappa shape index (κ1) is 29.1. The van der Waals surface area contributed by atoms with Crippen LogP contribution in [0.2, 0.25) is 0 Å². The van der Waals surface area contributed by atoms with Crippen molar-refractivity contribution in [2.75, 3.05) is 18.1 Å². The van der Waals surface area contributed by atoms with E-state index >= 15 is 0 Å². The molecular weight excluding hydrogens is 569 g/mol. The number of amides is 3. The number of hydrogen-bond acceptors (Lipinski definition) is 11. The minimum absolute atomic E-state index is 0. The SMILES string of the molecule is Cc1cc(SCC(=O)N[C@@H]2C(=O)N3C(C(=O)[O-])=C(/C=C4\CCN(C5CC5)C4=O)CS[C@H]23)n2nc(CO)nc2n1.[Na+]. The smallest absolute Gasteiger partial charge is 0.543 e. The third kappa shape index (κ3) is 5.30. The van der Waals surface area contributed by atoms with Crippen LogP contribution in [-0.2, 0) is 25.8 Å². The molecule has 0 aromatic carbocycles. The summed E-state index contributed by atoms with van der Waals surface area (Å²) in [6, 6.07) is 1.14. The van der Waals surface area contributed by atoms with Crippen LogP contribution in [0.15, 0.2) is 34.0 Å². The predicted octanol–water partition coefficient (Wildman–Crippen LogP) is -4.25. The zero-order valence-corrected chi connectivity index (χ0v) is 25.5. The van der Waals surface area contributed by atoms with Crippen molar-refractivity contribution in [1.29, 1.82) is 0 Å². The van der Waals surface area contributed by atoms with Gasteiger partial charge in [0.2, 0.25) is 11.8 Å². The number of fused-ring (bicyclic) bond motifs is 2. The molecule has 3 fully saturated rings. The maximum absolute atomic E-state index is 13.0. The molecule has 1 aliphatic carbocycles. The second-order valence-corrected chi connectivity index (χ2v) is 11.8. The number of nitrogens with one attached hydrogen (secondary N) is 1. The zero-order chi connectivity index (χ0) is 27.4. The van der Waals surface area contributed by atoms with Crippen molar-refractivity contribution in [3.8, 4) is 0 Å². The molecule has 2 aromatic rings. The quantitative estimate of drug-likeness (QED) is 0.0998. The van der Waals surface area contributed by atoms with Crippen LogP contribution >= 0.6 is 23.5 Å². The van der Waals surface area contributed by atoms with E-state index in [1.54, 1.807) is 19.1 Å². The summed E-state index contributed by atoms with van der Waals surface area (Å²) in [6.45, 7) is 2.05. The molecule has 0 radical (unpaired) electrons. The monoisotopic (exact) mass is 593 g/mol. The van der Waals surface area contributed by atoms with E-state index in [-0.39, 0.29) is 71.1 Å². The predicted molar refractivity (Wildman–Crippen MR) is 137 cm³/mol. The Morgan fingerprint density at radius 3 is 2.77 bits per heavy atom. The summed E-state index contributed by atoms with van der Waals surface area (Å²) >= 11 is 2.51. The summed E-state index contributed by atoms with van der Waals surface area (Å²) in [7, 11) is 0. The van der Waals surface area contributed by atoms with Crippen LogP contribution < -0.4 is 40.0 Å². The van der Waals surface area contributed by atoms with Crippen molar-refractivity contribution >= 4 is 53.0 Å². The number of likely N-dealkylation sites (tertiary alicyclic amines) is 1. The Kier molecular flexibility index (Phi) is 8.32. The fourth-order valence-electron chi connectivity index (χ4n) is 4.98. The van der Waals surface area contributed by atoms with Gasteiger partial charge in [0.25, 0.3) is 11.7 Å². The Bertz CT molecular complexity index is 1490. The maximum atomic E-state index is 13.0. The van der Waals surface area contributed by atoms with Crippen molar-refractivity contribution in [2.45, 2.75) is 55.3 Å². The van der Waals surface area contributed by atoms with Crippen molar-refractivity contribution in [1.82, 2.24) is 34.7 Å². The molecule has 6 rings (SSSR count). The van der Waals surface area contributed by atoms with Gasteiger partial charge in [-0.25, -0.2) is 4.98 Å². The van der Waals surface area contributed by atoms with Gasteiger partial charge in [-0.1, -0.05) is 11.8 Å². The number of carboxylic acid groups (broad SMARTS) is 1. The fraction of sp³-hybridized carbons (Fsp3) is 0.458. The molecule has 204 valence electrons. The molecule has 0 unspecified atom stereocenters. The number of aliphatic hydroxyl groups excluding tert-OH is 1. The van der Waals surface area contributed by atoms with E-state index in [0.717, 1.165) is 17.7 Å². The molecule has 4 aliphatic rings. The first-order valence-corrected chi connectivity index (χ1v) is 14.5. The number of carbonyl (C=O) groups is 4. The second kappa shape index (κ2) is 11.4. The van der Waals surface area contributed by atoms with Gasteiger partial charge < -0.3 is 25.2 Å². The number of carboxylic acids is 1. The average molecular weight is 594 g/mol. The number of β-lactam (4-membered cyclic amide) rings is 1. The zero-order valence-electron chi connectivity index (χ0n) is 21.8. The molecule has 2 aromatic heterocycles. The van der Waals surface area contributed by atoms with E-state index in [1.165, 1.54) is 28.0 Å². The number of aromatic nitrogens is 4. The van der Waals surface area contributed by atoms with E-state index in [2.05, 4.69) is 20.4 Å². The summed E-state index contributed by atoms with van der Waals surface area (Å²) in [5, 5.41) is 28.3. The van der Waals surface area contributed by atoms with Gasteiger partial charge >= 0.3 is 29.6 Å². The maximum Gasteiger partial charge on any atom is 1.00 e. The van der Waals surface area contributed by atoms with Crippen LogP contribution in [0.3, 0.4) is 0 Å². The van der Waals surface area contributed by atoms with Crippen molar-refractivity contribution in [3.63, 3.8) is 0 Å². The molecule has 0 spiro atoms. The standard InChI is InChI=1S/C24H25N7O6S2.Na/c1-11-6-17(31-24(25-11)26-15(8-32)28-31)38-10-16(33)27-18-21(35)30-19(23(36)37)13(9-39-22(18)30)7-12-4-5-29(20(12)34)14-2-3-14;/h6-7,14,18,22,32H,2-5,8-10H2,1H3,(H,27,33)(H,36,37);/q;+1/p-1/b12-7+;/t18-,22-;/m1./s1. The number of carbonyl (C=O) groups excluding carboxylic acids is 4. The Morgan fingerprint density at radius 1 is 1.30 bits per heavy atom. The first-order chi connectivity index (χ1) is 18.7. The third-order valence-corrected chi connectivity index (χ3v) is 9.24. The van der Waals surface area contributed by atoms with Gasteiger partial charge in [-0.15, -0.1) is 16.9 Å². The van der Waals surface area contributed by atoms with E-state index in [4.69, 9.17) is 0 Å². The molecule has 16 heteroatoms. The minimum atomic E-state index is -1.49. The van der Waals surface area contributed by atoms with Gasteiger partial charge in [0.1, 0.15) is 23.0 Å². The van der Waals surface area contributed by atoms with Crippen molar-refractivity contribution in [3.05, 3.63) is 40.5 Å². The number of aryl methyl sites for hydroxylation is 1. The van der Waals surface area contributed by atoms with E-state index in [9.17, 15) is 29.4 Å². The molecule has 2 N–H and O–H groups in total. The Labute approximate surface area is 259 Å².